The monoisotopic (exact) mass is 363 g/mol. The Hall–Kier alpha value is -1.16. The van der Waals surface area contributed by atoms with Crippen LogP contribution in [-0.4, -0.2) is 59.8 Å². The summed E-state index contributed by atoms with van der Waals surface area (Å²) in [6.45, 7) is 4.08. The van der Waals surface area contributed by atoms with Crippen LogP contribution in [0.25, 0.3) is 0 Å². The van der Waals surface area contributed by atoms with Crippen LogP contribution in [0.5, 0.6) is 5.75 Å². The van der Waals surface area contributed by atoms with E-state index >= 15 is 0 Å². The molecule has 7 nitrogen and oxygen atoms in total. The van der Waals surface area contributed by atoms with Gasteiger partial charge in [0.2, 0.25) is 10.0 Å². The van der Waals surface area contributed by atoms with Crippen LogP contribution in [0, 0.1) is 0 Å². The van der Waals surface area contributed by atoms with E-state index in [4.69, 9.17) is 9.47 Å². The maximum absolute atomic E-state index is 13.1. The molecular formula is C14H21NO6S2. The normalized spacial score (nSPS) is 23.7. The Kier molecular flexibility index (Phi) is 5.05. The predicted octanol–water partition coefficient (Wildman–Crippen LogP) is 0.897. The van der Waals surface area contributed by atoms with Crippen molar-refractivity contribution in [2.75, 3.05) is 26.6 Å². The van der Waals surface area contributed by atoms with Gasteiger partial charge in [-0.15, -0.1) is 0 Å². The van der Waals surface area contributed by atoms with Crippen LogP contribution in [0.2, 0.25) is 0 Å². The summed E-state index contributed by atoms with van der Waals surface area (Å²) in [6.07, 6.45) is 1.03. The standard InChI is InChI=1S/C14H21NO6S2/c1-10-8-21-9-11(2)15(10)23(18,19)14-7-12(22(4,16)17)5-6-13(14)20-3/h5-7,10-11H,8-9H2,1-4H3. The number of nitrogens with zero attached hydrogens (tertiary/aromatic N) is 1. The highest BCUT2D eigenvalue weighted by atomic mass is 32.2. The smallest absolute Gasteiger partial charge is 0.247 e. The molecule has 0 saturated carbocycles. The lowest BCUT2D eigenvalue weighted by Gasteiger charge is -2.37. The highest BCUT2D eigenvalue weighted by molar-refractivity contribution is 7.91. The average Bonchev–Trinajstić information content (AvgIpc) is 2.45. The number of ether oxygens (including phenoxy) is 2. The minimum absolute atomic E-state index is 0.0644. The minimum atomic E-state index is -3.92. The Morgan fingerprint density at radius 3 is 2.17 bits per heavy atom. The van der Waals surface area contributed by atoms with Gasteiger partial charge in [0.1, 0.15) is 10.6 Å². The fourth-order valence-corrected chi connectivity index (χ4v) is 5.37. The van der Waals surface area contributed by atoms with E-state index in [0.717, 1.165) is 12.3 Å². The molecule has 1 aromatic rings. The molecule has 0 N–H and O–H groups in total. The fraction of sp³-hybridized carbons (Fsp3) is 0.571. The number of hydrogen-bond donors (Lipinski definition) is 0. The van der Waals surface area contributed by atoms with Gasteiger partial charge in [0.05, 0.1) is 25.2 Å². The van der Waals surface area contributed by atoms with E-state index in [0.29, 0.717) is 0 Å². The molecule has 1 aromatic carbocycles. The van der Waals surface area contributed by atoms with Gasteiger partial charge in [-0.25, -0.2) is 16.8 Å². The lowest BCUT2D eigenvalue weighted by Crippen LogP contribution is -2.52. The molecule has 130 valence electrons. The zero-order valence-electron chi connectivity index (χ0n) is 13.5. The molecular weight excluding hydrogens is 342 g/mol. The molecule has 0 spiro atoms. The Balaban J connectivity index is 2.62. The molecule has 23 heavy (non-hydrogen) atoms. The molecule has 2 atom stereocenters. The molecule has 1 aliphatic rings. The van der Waals surface area contributed by atoms with Crippen molar-refractivity contribution in [1.82, 2.24) is 4.31 Å². The highest BCUT2D eigenvalue weighted by Gasteiger charge is 2.38. The van der Waals surface area contributed by atoms with Crippen molar-refractivity contribution in [3.05, 3.63) is 18.2 Å². The van der Waals surface area contributed by atoms with Crippen molar-refractivity contribution in [3.8, 4) is 5.75 Å². The SMILES string of the molecule is COc1ccc(S(C)(=O)=O)cc1S(=O)(=O)N1C(C)COCC1C. The third-order valence-electron chi connectivity index (χ3n) is 3.71. The van der Waals surface area contributed by atoms with E-state index in [1.807, 2.05) is 0 Å². The summed E-state index contributed by atoms with van der Waals surface area (Å²) in [5, 5.41) is 0. The molecule has 2 rings (SSSR count). The van der Waals surface area contributed by atoms with Crippen LogP contribution < -0.4 is 4.74 Å². The van der Waals surface area contributed by atoms with Gasteiger partial charge in [-0.1, -0.05) is 0 Å². The van der Waals surface area contributed by atoms with Crippen molar-refractivity contribution < 1.29 is 26.3 Å². The van der Waals surface area contributed by atoms with Gasteiger partial charge in [-0.3, -0.25) is 0 Å². The molecule has 0 amide bonds. The summed E-state index contributed by atoms with van der Waals surface area (Å²) in [4.78, 5) is -0.214. The number of methoxy groups -OCH3 is 1. The number of hydrogen-bond acceptors (Lipinski definition) is 6. The first kappa shape index (κ1) is 18.2. The van der Waals surface area contributed by atoms with E-state index in [1.165, 1.54) is 23.5 Å². The molecule has 1 aliphatic heterocycles. The number of benzene rings is 1. The summed E-state index contributed by atoms with van der Waals surface area (Å²) >= 11 is 0. The maximum Gasteiger partial charge on any atom is 0.247 e. The zero-order valence-corrected chi connectivity index (χ0v) is 15.1. The Morgan fingerprint density at radius 1 is 1.13 bits per heavy atom. The third kappa shape index (κ3) is 3.52. The number of rotatable bonds is 4. The van der Waals surface area contributed by atoms with Crippen LogP contribution in [0.4, 0.5) is 0 Å². The number of sulfone groups is 1. The van der Waals surface area contributed by atoms with E-state index in [1.54, 1.807) is 13.8 Å². The first-order valence-corrected chi connectivity index (χ1v) is 10.4. The van der Waals surface area contributed by atoms with Gasteiger partial charge in [-0.2, -0.15) is 4.31 Å². The van der Waals surface area contributed by atoms with Crippen molar-refractivity contribution in [2.45, 2.75) is 35.7 Å². The Bertz CT molecular complexity index is 777. The summed E-state index contributed by atoms with van der Waals surface area (Å²) in [7, 11) is -6.11. The quantitative estimate of drug-likeness (QED) is 0.789. The second kappa shape index (κ2) is 6.39. The lowest BCUT2D eigenvalue weighted by molar-refractivity contribution is 0.00630. The molecule has 0 aromatic heterocycles. The summed E-state index contributed by atoms with van der Waals surface area (Å²) < 4.78 is 61.5. The second-order valence-corrected chi connectivity index (χ2v) is 9.48. The van der Waals surface area contributed by atoms with Gasteiger partial charge in [0.25, 0.3) is 0 Å². The summed E-state index contributed by atoms with van der Waals surface area (Å²) in [5.74, 6) is 0.114. The minimum Gasteiger partial charge on any atom is -0.495 e. The van der Waals surface area contributed by atoms with Crippen molar-refractivity contribution in [1.29, 1.82) is 0 Å². The van der Waals surface area contributed by atoms with Crippen LogP contribution in [0.15, 0.2) is 28.0 Å². The molecule has 2 unspecified atom stereocenters. The first-order valence-electron chi connectivity index (χ1n) is 7.08. The van der Waals surface area contributed by atoms with E-state index in [9.17, 15) is 16.8 Å². The largest absolute Gasteiger partial charge is 0.495 e. The molecule has 0 bridgehead atoms. The molecule has 1 heterocycles. The van der Waals surface area contributed by atoms with Gasteiger partial charge in [0, 0.05) is 18.3 Å². The van der Waals surface area contributed by atoms with Crippen LogP contribution in [0.1, 0.15) is 13.8 Å². The van der Waals surface area contributed by atoms with E-state index in [-0.39, 0.29) is 40.8 Å². The zero-order chi connectivity index (χ0) is 17.4. The average molecular weight is 363 g/mol. The lowest BCUT2D eigenvalue weighted by atomic mass is 10.2. The number of sulfonamides is 1. The molecule has 1 saturated heterocycles. The second-order valence-electron chi connectivity index (χ2n) is 5.66. The highest BCUT2D eigenvalue weighted by Crippen LogP contribution is 2.32. The Labute approximate surface area is 137 Å². The van der Waals surface area contributed by atoms with Crippen molar-refractivity contribution in [2.24, 2.45) is 0 Å². The van der Waals surface area contributed by atoms with Gasteiger partial charge in [-0.05, 0) is 32.0 Å². The summed E-state index contributed by atoms with van der Waals surface area (Å²) in [6, 6.07) is 3.14. The first-order chi connectivity index (χ1) is 10.6. The van der Waals surface area contributed by atoms with Gasteiger partial charge >= 0.3 is 0 Å². The van der Waals surface area contributed by atoms with Crippen LogP contribution in [0.3, 0.4) is 0 Å². The van der Waals surface area contributed by atoms with E-state index < -0.39 is 19.9 Å². The van der Waals surface area contributed by atoms with Gasteiger partial charge < -0.3 is 9.47 Å². The van der Waals surface area contributed by atoms with Crippen LogP contribution >= 0.6 is 0 Å². The Morgan fingerprint density at radius 2 is 1.70 bits per heavy atom. The van der Waals surface area contributed by atoms with Crippen molar-refractivity contribution >= 4 is 19.9 Å². The molecule has 9 heteroatoms. The van der Waals surface area contributed by atoms with E-state index in [2.05, 4.69) is 0 Å². The van der Waals surface area contributed by atoms with Gasteiger partial charge in [0.15, 0.2) is 9.84 Å². The third-order valence-corrected chi connectivity index (χ3v) is 6.97. The summed E-state index contributed by atoms with van der Waals surface area (Å²) in [5.41, 5.74) is 0. The fourth-order valence-electron chi connectivity index (χ4n) is 2.67. The molecule has 0 aliphatic carbocycles. The topological polar surface area (TPSA) is 90.0 Å². The van der Waals surface area contributed by atoms with Crippen molar-refractivity contribution in [3.63, 3.8) is 0 Å². The number of morpholine rings is 1. The molecule has 0 radical (unpaired) electrons. The predicted molar refractivity (Wildman–Crippen MR) is 84.9 cm³/mol. The molecule has 1 fully saturated rings. The van der Waals surface area contributed by atoms with Crippen LogP contribution in [-0.2, 0) is 24.6 Å². The maximum atomic E-state index is 13.1.